The van der Waals surface area contributed by atoms with E-state index in [0.29, 0.717) is 26.9 Å². The lowest BCUT2D eigenvalue weighted by atomic mass is 10.1. The number of halogens is 1. The summed E-state index contributed by atoms with van der Waals surface area (Å²) in [5.41, 5.74) is 2.06. The summed E-state index contributed by atoms with van der Waals surface area (Å²) in [7, 11) is 0. The van der Waals surface area contributed by atoms with Crippen molar-refractivity contribution in [3.8, 4) is 11.1 Å². The molecule has 0 atom stereocenters. The predicted octanol–water partition coefficient (Wildman–Crippen LogP) is 4.43. The Hall–Kier alpha value is -3.92. The van der Waals surface area contributed by atoms with Gasteiger partial charge in [0.25, 0.3) is 11.2 Å². The second kappa shape index (κ2) is 8.31. The predicted molar refractivity (Wildman–Crippen MR) is 120 cm³/mol. The lowest BCUT2D eigenvalue weighted by Gasteiger charge is -2.12. The highest BCUT2D eigenvalue weighted by molar-refractivity contribution is 7.17. The van der Waals surface area contributed by atoms with E-state index in [1.807, 2.05) is 0 Å². The van der Waals surface area contributed by atoms with Gasteiger partial charge < -0.3 is 5.32 Å². The highest BCUT2D eigenvalue weighted by Crippen LogP contribution is 2.31. The fourth-order valence-corrected chi connectivity index (χ4v) is 4.27. The summed E-state index contributed by atoms with van der Waals surface area (Å²) in [6, 6.07) is 8.69. The molecule has 2 aromatic heterocycles. The van der Waals surface area contributed by atoms with Crippen molar-refractivity contribution in [1.29, 1.82) is 0 Å². The van der Waals surface area contributed by atoms with E-state index in [1.165, 1.54) is 35.9 Å². The number of nitro groups is 1. The van der Waals surface area contributed by atoms with E-state index in [-0.39, 0.29) is 23.7 Å². The number of thiophene rings is 1. The first-order chi connectivity index (χ1) is 15.3. The maximum Gasteiger partial charge on any atom is 0.293 e. The van der Waals surface area contributed by atoms with Gasteiger partial charge in [0.2, 0.25) is 5.91 Å². The zero-order chi connectivity index (χ0) is 23.0. The van der Waals surface area contributed by atoms with E-state index < -0.39 is 16.4 Å². The number of nitrogens with zero attached hydrogens (tertiary/aromatic N) is 3. The Morgan fingerprint density at radius 2 is 1.94 bits per heavy atom. The topological polar surface area (TPSA) is 107 Å². The standard InChI is InChI=1S/C22H17FN4O4S/c1-12-3-8-17(27(30)31)20(13(12)2)25-18(28)9-26-11-24-21-19(22(26)29)16(10-32-21)14-4-6-15(23)7-5-14/h3-8,10-11H,9H2,1-2H3,(H,25,28). The van der Waals surface area contributed by atoms with Crippen LogP contribution < -0.4 is 10.9 Å². The SMILES string of the molecule is Cc1ccc([N+](=O)[O-])c(NC(=O)Cn2cnc3scc(-c4ccc(F)cc4)c3c2=O)c1C. The molecule has 162 valence electrons. The number of carbonyl (C=O) groups excluding carboxylic acids is 1. The largest absolute Gasteiger partial charge is 0.319 e. The van der Waals surface area contributed by atoms with Gasteiger partial charge in [-0.05, 0) is 42.7 Å². The number of anilines is 1. The lowest BCUT2D eigenvalue weighted by Crippen LogP contribution is -2.28. The fraction of sp³-hybridized carbons (Fsp3) is 0.136. The number of nitrogens with one attached hydrogen (secondary N) is 1. The maximum absolute atomic E-state index is 13.3. The van der Waals surface area contributed by atoms with Gasteiger partial charge in [-0.1, -0.05) is 18.2 Å². The first-order valence-corrected chi connectivity index (χ1v) is 10.4. The third-order valence-corrected chi connectivity index (χ3v) is 6.09. The zero-order valence-corrected chi connectivity index (χ0v) is 17.9. The molecule has 32 heavy (non-hydrogen) atoms. The maximum atomic E-state index is 13.3. The van der Waals surface area contributed by atoms with Gasteiger partial charge in [0.05, 0.1) is 16.6 Å². The molecule has 4 aromatic rings. The molecule has 0 spiro atoms. The number of rotatable bonds is 5. The third-order valence-electron chi connectivity index (χ3n) is 5.20. The molecule has 4 rings (SSSR count). The number of nitro benzene ring substituents is 1. The van der Waals surface area contributed by atoms with Crippen molar-refractivity contribution in [2.75, 3.05) is 5.32 Å². The monoisotopic (exact) mass is 452 g/mol. The highest BCUT2D eigenvalue weighted by atomic mass is 32.1. The number of hydrogen-bond acceptors (Lipinski definition) is 6. The summed E-state index contributed by atoms with van der Waals surface area (Å²) in [5.74, 6) is -0.982. The van der Waals surface area contributed by atoms with Crippen LogP contribution in [0.2, 0.25) is 0 Å². The molecule has 0 fully saturated rings. The molecule has 1 amide bonds. The number of aryl methyl sites for hydroxylation is 1. The van der Waals surface area contributed by atoms with E-state index in [0.717, 1.165) is 10.1 Å². The molecule has 0 unspecified atom stereocenters. The fourth-order valence-electron chi connectivity index (χ4n) is 3.37. The second-order valence-electron chi connectivity index (χ2n) is 7.22. The van der Waals surface area contributed by atoms with Gasteiger partial charge in [-0.25, -0.2) is 9.37 Å². The number of benzene rings is 2. The Morgan fingerprint density at radius 3 is 2.62 bits per heavy atom. The van der Waals surface area contributed by atoms with Gasteiger partial charge >= 0.3 is 0 Å². The Bertz CT molecular complexity index is 1430. The lowest BCUT2D eigenvalue weighted by molar-refractivity contribution is -0.384. The van der Waals surface area contributed by atoms with Crippen molar-refractivity contribution in [3.63, 3.8) is 0 Å². The van der Waals surface area contributed by atoms with Gasteiger partial charge in [0, 0.05) is 17.0 Å². The first-order valence-electron chi connectivity index (χ1n) is 9.53. The summed E-state index contributed by atoms with van der Waals surface area (Å²) in [6.07, 6.45) is 1.27. The van der Waals surface area contributed by atoms with Crippen LogP contribution in [0.5, 0.6) is 0 Å². The van der Waals surface area contributed by atoms with Crippen LogP contribution in [0, 0.1) is 29.8 Å². The van der Waals surface area contributed by atoms with Gasteiger partial charge in [0.15, 0.2) is 0 Å². The number of fused-ring (bicyclic) bond motifs is 1. The van der Waals surface area contributed by atoms with Crippen molar-refractivity contribution >= 4 is 38.8 Å². The quantitative estimate of drug-likeness (QED) is 0.356. The van der Waals surface area contributed by atoms with Gasteiger partial charge in [-0.3, -0.25) is 24.3 Å². The van der Waals surface area contributed by atoms with Gasteiger partial charge in [0.1, 0.15) is 22.9 Å². The molecule has 0 saturated carbocycles. The minimum absolute atomic E-state index is 0.102. The zero-order valence-electron chi connectivity index (χ0n) is 17.1. The van der Waals surface area contributed by atoms with Crippen molar-refractivity contribution in [2.24, 2.45) is 0 Å². The molecule has 0 aliphatic carbocycles. The van der Waals surface area contributed by atoms with Crippen LogP contribution in [0.15, 0.2) is 52.9 Å². The van der Waals surface area contributed by atoms with E-state index >= 15 is 0 Å². The van der Waals surface area contributed by atoms with Crippen molar-refractivity contribution < 1.29 is 14.1 Å². The van der Waals surface area contributed by atoms with Crippen molar-refractivity contribution in [2.45, 2.75) is 20.4 Å². The molecular weight excluding hydrogens is 435 g/mol. The molecule has 2 aromatic carbocycles. The first kappa shape index (κ1) is 21.3. The van der Waals surface area contributed by atoms with Crippen LogP contribution in [0.25, 0.3) is 21.3 Å². The summed E-state index contributed by atoms with van der Waals surface area (Å²) < 4.78 is 14.4. The van der Waals surface area contributed by atoms with Crippen molar-refractivity contribution in [1.82, 2.24) is 9.55 Å². The highest BCUT2D eigenvalue weighted by Gasteiger charge is 2.20. The third kappa shape index (κ3) is 3.87. The Morgan fingerprint density at radius 1 is 1.22 bits per heavy atom. The van der Waals surface area contributed by atoms with Gasteiger partial charge in [-0.15, -0.1) is 11.3 Å². The number of hydrogen-bond donors (Lipinski definition) is 1. The summed E-state index contributed by atoms with van der Waals surface area (Å²) in [6.45, 7) is 3.09. The minimum atomic E-state index is -0.594. The molecule has 2 heterocycles. The van der Waals surface area contributed by atoms with Crippen LogP contribution in [0.4, 0.5) is 15.8 Å². The minimum Gasteiger partial charge on any atom is -0.319 e. The van der Waals surface area contributed by atoms with Crippen LogP contribution in [-0.2, 0) is 11.3 Å². The molecule has 0 radical (unpaired) electrons. The molecule has 10 heteroatoms. The van der Waals surface area contributed by atoms with Crippen LogP contribution in [0.1, 0.15) is 11.1 Å². The molecule has 0 bridgehead atoms. The summed E-state index contributed by atoms with van der Waals surface area (Å²) >= 11 is 1.27. The number of carbonyl (C=O) groups is 1. The Balaban J connectivity index is 1.68. The molecule has 0 aliphatic heterocycles. The van der Waals surface area contributed by atoms with E-state index in [4.69, 9.17) is 0 Å². The van der Waals surface area contributed by atoms with E-state index in [2.05, 4.69) is 10.3 Å². The molecular formula is C22H17FN4O4S. The average molecular weight is 452 g/mol. The van der Waals surface area contributed by atoms with Crippen LogP contribution in [0.3, 0.4) is 0 Å². The number of aromatic nitrogens is 2. The van der Waals surface area contributed by atoms with Crippen LogP contribution in [-0.4, -0.2) is 20.4 Å². The summed E-state index contributed by atoms with van der Waals surface area (Å²) in [4.78, 5) is 41.3. The van der Waals surface area contributed by atoms with Gasteiger partial charge in [-0.2, -0.15) is 0 Å². The average Bonchev–Trinajstić information content (AvgIpc) is 3.19. The molecule has 0 aliphatic rings. The Kier molecular flexibility index (Phi) is 5.54. The molecule has 1 N–H and O–H groups in total. The smallest absolute Gasteiger partial charge is 0.293 e. The van der Waals surface area contributed by atoms with E-state index in [1.54, 1.807) is 37.4 Å². The second-order valence-corrected chi connectivity index (χ2v) is 8.08. The Labute approximate surface area is 185 Å². The van der Waals surface area contributed by atoms with Crippen molar-refractivity contribution in [3.05, 3.63) is 85.5 Å². The van der Waals surface area contributed by atoms with E-state index in [9.17, 15) is 24.1 Å². The number of amides is 1. The summed E-state index contributed by atoms with van der Waals surface area (Å²) in [5, 5.41) is 16.0. The van der Waals surface area contributed by atoms with Crippen LogP contribution >= 0.6 is 11.3 Å². The molecule has 0 saturated heterocycles. The molecule has 8 nitrogen and oxygen atoms in total. The normalized spacial score (nSPS) is 11.0.